The van der Waals surface area contributed by atoms with Crippen LogP contribution in [0.25, 0.3) is 17.1 Å². The molecule has 1 aromatic heterocycles. The summed E-state index contributed by atoms with van der Waals surface area (Å²) in [4.78, 5) is 27.6. The molecule has 190 valence electrons. The first-order valence-corrected chi connectivity index (χ1v) is 13.4. The van der Waals surface area contributed by atoms with Crippen molar-refractivity contribution in [2.24, 2.45) is 0 Å². The first-order valence-electron chi connectivity index (χ1n) is 13.4. The third-order valence-corrected chi connectivity index (χ3v) is 7.34. The number of benzene rings is 2. The Bertz CT molecular complexity index is 1270. The molecule has 2 aromatic carbocycles. The van der Waals surface area contributed by atoms with E-state index in [1.165, 1.54) is 12.0 Å². The highest BCUT2D eigenvalue weighted by atomic mass is 16.2. The van der Waals surface area contributed by atoms with E-state index in [2.05, 4.69) is 45.5 Å². The van der Waals surface area contributed by atoms with Gasteiger partial charge in [-0.15, -0.1) is 0 Å². The standard InChI is InChI=1S/C30H34N6O/c31-22-25(30(37)32-24-13-5-2-6-14-24)28-29(34-27-16-8-7-15-26(27)33-28)36-20-18-35(19-21-36)17-9-12-23-10-3-1-4-11-23/h1,3-4,7-12,15-16,24-25H,2,5-6,13-14,17-21H2,(H,32,37)/b12-9+/t25-/m0/s1. The minimum absolute atomic E-state index is 0.140. The van der Waals surface area contributed by atoms with Crippen molar-refractivity contribution < 1.29 is 4.79 Å². The molecule has 0 spiro atoms. The van der Waals surface area contributed by atoms with Gasteiger partial charge in [-0.2, -0.15) is 5.26 Å². The lowest BCUT2D eigenvalue weighted by Gasteiger charge is -2.36. The van der Waals surface area contributed by atoms with Crippen LogP contribution in [0.3, 0.4) is 0 Å². The number of nitriles is 1. The zero-order valence-corrected chi connectivity index (χ0v) is 21.2. The van der Waals surface area contributed by atoms with Crippen molar-refractivity contribution in [3.8, 4) is 6.07 Å². The molecule has 1 aliphatic heterocycles. The predicted octanol–water partition coefficient (Wildman–Crippen LogP) is 4.52. The molecule has 0 unspecified atom stereocenters. The molecule has 37 heavy (non-hydrogen) atoms. The molecule has 1 saturated heterocycles. The predicted molar refractivity (Wildman–Crippen MR) is 147 cm³/mol. The van der Waals surface area contributed by atoms with Crippen LogP contribution in [-0.4, -0.2) is 59.5 Å². The number of nitrogens with one attached hydrogen (secondary N) is 1. The first kappa shape index (κ1) is 24.9. The van der Waals surface area contributed by atoms with Crippen LogP contribution in [-0.2, 0) is 4.79 Å². The van der Waals surface area contributed by atoms with Crippen LogP contribution in [0.1, 0.15) is 49.3 Å². The maximum Gasteiger partial charge on any atom is 0.243 e. The van der Waals surface area contributed by atoms with Crippen molar-refractivity contribution >= 4 is 28.8 Å². The number of hydrogen-bond donors (Lipinski definition) is 1. The second-order valence-electron chi connectivity index (χ2n) is 9.93. The second-order valence-corrected chi connectivity index (χ2v) is 9.93. The van der Waals surface area contributed by atoms with Crippen LogP contribution < -0.4 is 10.2 Å². The van der Waals surface area contributed by atoms with Crippen LogP contribution in [0, 0.1) is 11.3 Å². The highest BCUT2D eigenvalue weighted by molar-refractivity contribution is 5.89. The summed E-state index contributed by atoms with van der Waals surface area (Å²) in [5.41, 5.74) is 3.15. The monoisotopic (exact) mass is 494 g/mol. The topological polar surface area (TPSA) is 85.1 Å². The Morgan fingerprint density at radius 2 is 1.65 bits per heavy atom. The van der Waals surface area contributed by atoms with Gasteiger partial charge in [0.2, 0.25) is 5.91 Å². The largest absolute Gasteiger partial charge is 0.352 e. The SMILES string of the molecule is N#C[C@H](C(=O)NC1CCCCC1)c1nc2ccccc2nc1N1CCN(C/C=C/c2ccccc2)CC1. The average Bonchev–Trinajstić information content (AvgIpc) is 2.95. The lowest BCUT2D eigenvalue weighted by molar-refractivity contribution is -0.122. The Hall–Kier alpha value is -3.76. The molecule has 7 nitrogen and oxygen atoms in total. The van der Waals surface area contributed by atoms with E-state index < -0.39 is 5.92 Å². The number of aromatic nitrogens is 2. The summed E-state index contributed by atoms with van der Waals surface area (Å²) >= 11 is 0. The van der Waals surface area contributed by atoms with Gasteiger partial charge in [0, 0.05) is 38.8 Å². The summed E-state index contributed by atoms with van der Waals surface area (Å²) in [5, 5.41) is 13.2. The molecule has 0 radical (unpaired) electrons. The Morgan fingerprint density at radius 1 is 0.973 bits per heavy atom. The quantitative estimate of drug-likeness (QED) is 0.520. The number of anilines is 1. The number of fused-ring (bicyclic) bond motifs is 1. The lowest BCUT2D eigenvalue weighted by Crippen LogP contribution is -2.47. The summed E-state index contributed by atoms with van der Waals surface area (Å²) in [7, 11) is 0. The number of hydrogen-bond acceptors (Lipinski definition) is 6. The second kappa shape index (κ2) is 12.0. The molecule has 1 amide bonds. The molecule has 3 aromatic rings. The van der Waals surface area contributed by atoms with Crippen molar-refractivity contribution in [2.45, 2.75) is 44.1 Å². The number of para-hydroxylation sites is 2. The highest BCUT2D eigenvalue weighted by Gasteiger charge is 2.31. The molecule has 1 N–H and O–H groups in total. The number of carbonyl (C=O) groups excluding carboxylic acids is 1. The van der Waals surface area contributed by atoms with Gasteiger partial charge >= 0.3 is 0 Å². The summed E-state index contributed by atoms with van der Waals surface area (Å²) in [6, 6.07) is 20.4. The zero-order chi connectivity index (χ0) is 25.5. The van der Waals surface area contributed by atoms with Crippen LogP contribution in [0.2, 0.25) is 0 Å². The normalized spacial score (nSPS) is 18.1. The van der Waals surface area contributed by atoms with Crippen molar-refractivity contribution in [2.75, 3.05) is 37.6 Å². The van der Waals surface area contributed by atoms with Gasteiger partial charge in [0.15, 0.2) is 11.7 Å². The van der Waals surface area contributed by atoms with E-state index in [9.17, 15) is 10.1 Å². The smallest absolute Gasteiger partial charge is 0.243 e. The van der Waals surface area contributed by atoms with Gasteiger partial charge in [-0.1, -0.05) is 73.9 Å². The molecule has 2 heterocycles. The van der Waals surface area contributed by atoms with Gasteiger partial charge in [0.25, 0.3) is 0 Å². The molecule has 1 saturated carbocycles. The van der Waals surface area contributed by atoms with Crippen LogP contribution in [0.15, 0.2) is 60.7 Å². The van der Waals surface area contributed by atoms with Crippen molar-refractivity contribution in [1.82, 2.24) is 20.2 Å². The van der Waals surface area contributed by atoms with Gasteiger partial charge in [-0.25, -0.2) is 9.97 Å². The van der Waals surface area contributed by atoms with Gasteiger partial charge in [-0.3, -0.25) is 9.69 Å². The maximum atomic E-state index is 13.3. The molecule has 2 aliphatic rings. The summed E-state index contributed by atoms with van der Waals surface area (Å²) in [6.45, 7) is 4.16. The number of piperazine rings is 1. The van der Waals surface area contributed by atoms with Crippen molar-refractivity contribution in [3.63, 3.8) is 0 Å². The summed E-state index contributed by atoms with van der Waals surface area (Å²) in [5.74, 6) is -0.589. The molecule has 1 atom stereocenters. The lowest BCUT2D eigenvalue weighted by atomic mass is 9.94. The minimum Gasteiger partial charge on any atom is -0.352 e. The summed E-state index contributed by atoms with van der Waals surface area (Å²) in [6.07, 6.45) is 9.75. The fourth-order valence-electron chi connectivity index (χ4n) is 5.25. The Labute approximate surface area is 218 Å². The van der Waals surface area contributed by atoms with E-state index in [-0.39, 0.29) is 11.9 Å². The fourth-order valence-corrected chi connectivity index (χ4v) is 5.25. The van der Waals surface area contributed by atoms with Crippen LogP contribution >= 0.6 is 0 Å². The molecule has 5 rings (SSSR count). The molecular weight excluding hydrogens is 460 g/mol. The number of nitrogens with zero attached hydrogens (tertiary/aromatic N) is 5. The molecule has 2 fully saturated rings. The molecule has 7 heteroatoms. The number of amides is 1. The van der Waals surface area contributed by atoms with E-state index in [4.69, 9.17) is 9.97 Å². The molecule has 1 aliphatic carbocycles. The Kier molecular flexibility index (Phi) is 8.07. The van der Waals surface area contributed by atoms with Gasteiger partial charge in [-0.05, 0) is 30.5 Å². The molecular formula is C30H34N6O. The van der Waals surface area contributed by atoms with E-state index in [0.717, 1.165) is 63.9 Å². The highest BCUT2D eigenvalue weighted by Crippen LogP contribution is 2.29. The molecule has 0 bridgehead atoms. The average molecular weight is 495 g/mol. The van der Waals surface area contributed by atoms with Gasteiger partial charge < -0.3 is 10.2 Å². The van der Waals surface area contributed by atoms with Crippen LogP contribution in [0.5, 0.6) is 0 Å². The van der Waals surface area contributed by atoms with E-state index >= 15 is 0 Å². The van der Waals surface area contributed by atoms with Crippen molar-refractivity contribution in [1.29, 1.82) is 5.26 Å². The minimum atomic E-state index is -0.985. The van der Waals surface area contributed by atoms with Crippen molar-refractivity contribution in [3.05, 3.63) is 71.9 Å². The maximum absolute atomic E-state index is 13.3. The van der Waals surface area contributed by atoms with E-state index in [1.807, 2.05) is 42.5 Å². The van der Waals surface area contributed by atoms with E-state index in [0.29, 0.717) is 17.0 Å². The Balaban J connectivity index is 1.32. The van der Waals surface area contributed by atoms with Gasteiger partial charge in [0.1, 0.15) is 5.69 Å². The van der Waals surface area contributed by atoms with Crippen LogP contribution in [0.4, 0.5) is 5.82 Å². The number of rotatable bonds is 7. The Morgan fingerprint density at radius 3 is 2.35 bits per heavy atom. The van der Waals surface area contributed by atoms with E-state index in [1.54, 1.807) is 0 Å². The number of carbonyl (C=O) groups is 1. The zero-order valence-electron chi connectivity index (χ0n) is 21.2. The summed E-state index contributed by atoms with van der Waals surface area (Å²) < 4.78 is 0. The fraction of sp³-hybridized carbons (Fsp3) is 0.400. The third-order valence-electron chi connectivity index (χ3n) is 7.34. The first-order chi connectivity index (χ1) is 18.2. The third kappa shape index (κ3) is 6.15. The van der Waals surface area contributed by atoms with Gasteiger partial charge in [0.05, 0.1) is 17.1 Å².